The minimum atomic E-state index is -3.68. The van der Waals surface area contributed by atoms with Crippen LogP contribution in [0, 0.1) is 6.92 Å². The standard InChI is InChI=1S/C12H9Br3N2O2S/c1-7-4-10(14)11(5-9(7)13)20(18,19)17-8-2-3-12(15)16-6-8/h2-6,17H,1H3. The molecule has 0 fully saturated rings. The maximum Gasteiger partial charge on any atom is 0.263 e. The summed E-state index contributed by atoms with van der Waals surface area (Å²) >= 11 is 9.81. The fraction of sp³-hybridized carbons (Fsp3) is 0.0833. The van der Waals surface area contributed by atoms with Crippen LogP contribution in [-0.4, -0.2) is 13.4 Å². The van der Waals surface area contributed by atoms with Crippen LogP contribution in [0.5, 0.6) is 0 Å². The van der Waals surface area contributed by atoms with E-state index in [9.17, 15) is 8.42 Å². The lowest BCUT2D eigenvalue weighted by atomic mass is 10.2. The quantitative estimate of drug-likeness (QED) is 0.653. The molecule has 8 heteroatoms. The molecule has 1 aromatic carbocycles. The molecule has 2 rings (SSSR count). The third-order valence-corrected chi connectivity index (χ3v) is 6.15. The molecule has 0 saturated carbocycles. The molecule has 4 nitrogen and oxygen atoms in total. The van der Waals surface area contributed by atoms with Crippen LogP contribution in [-0.2, 0) is 10.0 Å². The smallest absolute Gasteiger partial charge is 0.263 e. The van der Waals surface area contributed by atoms with Crippen molar-refractivity contribution in [2.24, 2.45) is 0 Å². The van der Waals surface area contributed by atoms with Crippen LogP contribution >= 0.6 is 47.8 Å². The third kappa shape index (κ3) is 3.60. The van der Waals surface area contributed by atoms with E-state index >= 15 is 0 Å². The normalized spacial score (nSPS) is 11.4. The number of benzene rings is 1. The van der Waals surface area contributed by atoms with Crippen molar-refractivity contribution in [1.29, 1.82) is 0 Å². The van der Waals surface area contributed by atoms with Gasteiger partial charge in [0.2, 0.25) is 0 Å². The topological polar surface area (TPSA) is 59.1 Å². The van der Waals surface area contributed by atoms with E-state index in [1.165, 1.54) is 6.20 Å². The summed E-state index contributed by atoms with van der Waals surface area (Å²) in [7, 11) is -3.68. The summed E-state index contributed by atoms with van der Waals surface area (Å²) in [5, 5.41) is 0. The molecular formula is C12H9Br3N2O2S. The zero-order valence-electron chi connectivity index (χ0n) is 10.2. The predicted molar refractivity (Wildman–Crippen MR) is 89.3 cm³/mol. The molecule has 0 spiro atoms. The van der Waals surface area contributed by atoms with Gasteiger partial charge in [-0.15, -0.1) is 0 Å². The van der Waals surface area contributed by atoms with Crippen LogP contribution in [0.3, 0.4) is 0 Å². The van der Waals surface area contributed by atoms with E-state index in [2.05, 4.69) is 57.5 Å². The first-order valence-corrected chi connectivity index (χ1v) is 9.26. The van der Waals surface area contributed by atoms with E-state index in [-0.39, 0.29) is 4.90 Å². The summed E-state index contributed by atoms with van der Waals surface area (Å²) in [6, 6.07) is 6.61. The van der Waals surface area contributed by atoms with E-state index in [4.69, 9.17) is 0 Å². The van der Waals surface area contributed by atoms with Crippen molar-refractivity contribution in [3.63, 3.8) is 0 Å². The molecule has 20 heavy (non-hydrogen) atoms. The second kappa shape index (κ2) is 6.13. The lowest BCUT2D eigenvalue weighted by molar-refractivity contribution is 0.600. The Hall–Kier alpha value is -0.440. The van der Waals surface area contributed by atoms with Crippen molar-refractivity contribution < 1.29 is 8.42 Å². The largest absolute Gasteiger partial charge is 0.278 e. The fourth-order valence-corrected chi connectivity index (χ4v) is 4.44. The number of aryl methyl sites for hydroxylation is 1. The lowest BCUT2D eigenvalue weighted by Gasteiger charge is -2.11. The van der Waals surface area contributed by atoms with Crippen molar-refractivity contribution >= 4 is 63.5 Å². The van der Waals surface area contributed by atoms with Gasteiger partial charge in [0, 0.05) is 8.95 Å². The summed E-state index contributed by atoms with van der Waals surface area (Å²) in [6.45, 7) is 1.89. The summed E-state index contributed by atoms with van der Waals surface area (Å²) in [5.74, 6) is 0. The van der Waals surface area contributed by atoms with Gasteiger partial charge in [-0.05, 0) is 68.6 Å². The molecule has 0 atom stereocenters. The van der Waals surface area contributed by atoms with E-state index < -0.39 is 10.0 Å². The number of hydrogen-bond donors (Lipinski definition) is 1. The summed E-state index contributed by atoms with van der Waals surface area (Å²) in [5.41, 5.74) is 1.35. The maximum atomic E-state index is 12.4. The SMILES string of the molecule is Cc1cc(Br)c(S(=O)(=O)Nc2ccc(Br)nc2)cc1Br. The Morgan fingerprint density at radius 1 is 1.10 bits per heavy atom. The molecule has 0 saturated heterocycles. The van der Waals surface area contributed by atoms with Gasteiger partial charge < -0.3 is 0 Å². The molecule has 0 amide bonds. The molecule has 0 aliphatic carbocycles. The lowest BCUT2D eigenvalue weighted by Crippen LogP contribution is -2.14. The van der Waals surface area contributed by atoms with Gasteiger partial charge in [0.05, 0.1) is 11.9 Å². The number of nitrogens with one attached hydrogen (secondary N) is 1. The number of halogens is 3. The van der Waals surface area contributed by atoms with Crippen molar-refractivity contribution in [2.45, 2.75) is 11.8 Å². The number of pyridine rings is 1. The van der Waals surface area contributed by atoms with Gasteiger partial charge in [0.15, 0.2) is 0 Å². The molecule has 2 aromatic rings. The van der Waals surface area contributed by atoms with Gasteiger partial charge in [0.1, 0.15) is 9.50 Å². The second-order valence-corrected chi connectivity index (χ2v) is 8.18. The highest BCUT2D eigenvalue weighted by molar-refractivity contribution is 9.11. The Morgan fingerprint density at radius 2 is 1.80 bits per heavy atom. The van der Waals surface area contributed by atoms with Gasteiger partial charge in [-0.2, -0.15) is 0 Å². The van der Waals surface area contributed by atoms with E-state index in [0.717, 1.165) is 10.0 Å². The summed E-state index contributed by atoms with van der Waals surface area (Å²) in [6.07, 6.45) is 1.44. The van der Waals surface area contributed by atoms with Crippen molar-refractivity contribution in [2.75, 3.05) is 4.72 Å². The first-order valence-electron chi connectivity index (χ1n) is 5.39. The molecule has 1 aromatic heterocycles. The number of nitrogens with zero attached hydrogens (tertiary/aromatic N) is 1. The summed E-state index contributed by atoms with van der Waals surface area (Å²) in [4.78, 5) is 4.14. The van der Waals surface area contributed by atoms with Crippen LogP contribution in [0.15, 0.2) is 48.9 Å². The molecule has 1 heterocycles. The zero-order chi connectivity index (χ0) is 14.9. The molecule has 1 N–H and O–H groups in total. The highest BCUT2D eigenvalue weighted by atomic mass is 79.9. The Kier molecular flexibility index (Phi) is 4.88. The van der Waals surface area contributed by atoms with Crippen LogP contribution in [0.2, 0.25) is 0 Å². The second-order valence-electron chi connectivity index (χ2n) is 4.01. The minimum Gasteiger partial charge on any atom is -0.278 e. The third-order valence-electron chi connectivity index (χ3n) is 2.48. The Morgan fingerprint density at radius 3 is 2.40 bits per heavy atom. The van der Waals surface area contributed by atoms with Crippen molar-refractivity contribution in [1.82, 2.24) is 4.98 Å². The molecule has 0 radical (unpaired) electrons. The highest BCUT2D eigenvalue weighted by Gasteiger charge is 2.19. The first-order chi connectivity index (χ1) is 9.29. The Balaban J connectivity index is 2.40. The van der Waals surface area contributed by atoms with E-state index in [1.54, 1.807) is 24.3 Å². The average Bonchev–Trinajstić information content (AvgIpc) is 2.36. The van der Waals surface area contributed by atoms with E-state index in [1.807, 2.05) is 6.92 Å². The fourth-order valence-electron chi connectivity index (χ4n) is 1.48. The van der Waals surface area contributed by atoms with Crippen LogP contribution < -0.4 is 4.72 Å². The molecule has 0 aliphatic heterocycles. The van der Waals surface area contributed by atoms with Gasteiger partial charge >= 0.3 is 0 Å². The Labute approximate surface area is 142 Å². The summed E-state index contributed by atoms with van der Waals surface area (Å²) < 4.78 is 29.1. The minimum absolute atomic E-state index is 0.165. The van der Waals surface area contributed by atoms with Gasteiger partial charge in [-0.3, -0.25) is 4.72 Å². The number of anilines is 1. The van der Waals surface area contributed by atoms with Crippen LogP contribution in [0.25, 0.3) is 0 Å². The van der Waals surface area contributed by atoms with Crippen molar-refractivity contribution in [3.05, 3.63) is 49.6 Å². The molecule has 0 aliphatic rings. The molecular weight excluding hydrogens is 476 g/mol. The molecule has 0 bridgehead atoms. The highest BCUT2D eigenvalue weighted by Crippen LogP contribution is 2.30. The van der Waals surface area contributed by atoms with E-state index in [0.29, 0.717) is 14.8 Å². The van der Waals surface area contributed by atoms with Gasteiger partial charge in [-0.1, -0.05) is 15.9 Å². The van der Waals surface area contributed by atoms with Crippen molar-refractivity contribution in [3.8, 4) is 0 Å². The van der Waals surface area contributed by atoms with Gasteiger partial charge in [0.25, 0.3) is 10.0 Å². The first kappa shape index (κ1) is 15.9. The number of aromatic nitrogens is 1. The molecule has 106 valence electrons. The monoisotopic (exact) mass is 482 g/mol. The number of sulfonamides is 1. The Bertz CT molecular complexity index is 746. The average molecular weight is 485 g/mol. The molecule has 0 unspecified atom stereocenters. The predicted octanol–water partition coefficient (Wildman–Crippen LogP) is 4.48. The zero-order valence-corrected chi connectivity index (χ0v) is 15.8. The van der Waals surface area contributed by atoms with Crippen LogP contribution in [0.4, 0.5) is 5.69 Å². The van der Waals surface area contributed by atoms with Crippen LogP contribution in [0.1, 0.15) is 5.56 Å². The number of rotatable bonds is 3. The maximum absolute atomic E-state index is 12.4. The van der Waals surface area contributed by atoms with Gasteiger partial charge in [-0.25, -0.2) is 13.4 Å². The number of hydrogen-bond acceptors (Lipinski definition) is 3.